The molecule has 4 nitrogen and oxygen atoms in total. The van der Waals surface area contributed by atoms with Gasteiger partial charge in [0, 0.05) is 11.9 Å². The number of para-hydroxylation sites is 1. The minimum Gasteiger partial charge on any atom is -0.443 e. The largest absolute Gasteiger partial charge is 0.443 e. The Morgan fingerprint density at radius 3 is 2.72 bits per heavy atom. The van der Waals surface area contributed by atoms with Gasteiger partial charge in [-0.1, -0.05) is 31.0 Å². The Bertz CT molecular complexity index is 800. The van der Waals surface area contributed by atoms with E-state index in [-0.39, 0.29) is 6.09 Å². The number of hydrogen-bond acceptors (Lipinski definition) is 3. The first-order valence-electron chi connectivity index (χ1n) is 9.55. The van der Waals surface area contributed by atoms with Gasteiger partial charge in [-0.3, -0.25) is 4.90 Å². The van der Waals surface area contributed by atoms with E-state index in [0.29, 0.717) is 6.04 Å². The van der Waals surface area contributed by atoms with E-state index in [4.69, 9.17) is 4.74 Å². The molecule has 0 bridgehead atoms. The zero-order valence-corrected chi connectivity index (χ0v) is 15.5. The molecule has 1 aromatic heterocycles. The van der Waals surface area contributed by atoms with Gasteiger partial charge in [-0.15, -0.1) is 0 Å². The topological polar surface area (TPSA) is 34.5 Å². The van der Waals surface area contributed by atoms with Crippen LogP contribution in [0.2, 0.25) is 0 Å². The maximum Gasteiger partial charge on any atom is 0.419 e. The molecule has 0 aliphatic carbocycles. The summed E-state index contributed by atoms with van der Waals surface area (Å²) in [4.78, 5) is 15.7. The molecule has 4 heteroatoms. The van der Waals surface area contributed by atoms with Gasteiger partial charge in [-0.2, -0.15) is 0 Å². The predicted molar refractivity (Wildman–Crippen MR) is 100 cm³/mol. The molecule has 25 heavy (non-hydrogen) atoms. The standard InChI is InChI=1S/C21H28N2O2/c1-21(2,3)25-20(24)23-17-10-7-6-9-15(17)16-12-14-22-13-8-4-5-11-18(22)19(16)23/h6-7,9-10,18H,4-5,8,11-14H2,1-3H3. The van der Waals surface area contributed by atoms with Crippen LogP contribution in [0.1, 0.15) is 63.8 Å². The first kappa shape index (κ1) is 16.6. The Morgan fingerprint density at radius 2 is 1.92 bits per heavy atom. The average Bonchev–Trinajstić information content (AvgIpc) is 2.71. The third kappa shape index (κ3) is 2.97. The summed E-state index contributed by atoms with van der Waals surface area (Å²) in [6.45, 7) is 8.03. The Kier molecular flexibility index (Phi) is 4.11. The van der Waals surface area contributed by atoms with Crippen molar-refractivity contribution in [2.45, 2.75) is 64.5 Å². The van der Waals surface area contributed by atoms with E-state index < -0.39 is 5.60 Å². The van der Waals surface area contributed by atoms with E-state index in [9.17, 15) is 4.79 Å². The smallest absolute Gasteiger partial charge is 0.419 e. The number of carbonyl (C=O) groups excluding carboxylic acids is 1. The van der Waals surface area contributed by atoms with Crippen molar-refractivity contribution in [1.82, 2.24) is 9.47 Å². The molecule has 2 aromatic rings. The maximum atomic E-state index is 13.1. The van der Waals surface area contributed by atoms with Crippen LogP contribution in [-0.4, -0.2) is 34.3 Å². The van der Waals surface area contributed by atoms with Crippen LogP contribution in [0, 0.1) is 0 Å². The van der Waals surface area contributed by atoms with Crippen LogP contribution in [0.15, 0.2) is 24.3 Å². The highest BCUT2D eigenvalue weighted by Crippen LogP contribution is 2.41. The molecule has 0 amide bonds. The van der Waals surface area contributed by atoms with Gasteiger partial charge < -0.3 is 4.74 Å². The normalized spacial score (nSPS) is 21.5. The minimum atomic E-state index is -0.493. The van der Waals surface area contributed by atoms with Gasteiger partial charge in [-0.25, -0.2) is 9.36 Å². The molecule has 0 radical (unpaired) electrons. The maximum absolute atomic E-state index is 13.1. The van der Waals surface area contributed by atoms with Crippen molar-refractivity contribution in [3.63, 3.8) is 0 Å². The highest BCUT2D eigenvalue weighted by atomic mass is 16.6. The quantitative estimate of drug-likeness (QED) is 0.684. The SMILES string of the molecule is CC(C)(C)OC(=O)n1c2c(c3ccccc31)CCN1CCCCCC21. The van der Waals surface area contributed by atoms with Crippen LogP contribution < -0.4 is 0 Å². The lowest BCUT2D eigenvalue weighted by Crippen LogP contribution is -2.37. The number of carbonyl (C=O) groups is 1. The van der Waals surface area contributed by atoms with Crippen molar-refractivity contribution in [2.75, 3.05) is 13.1 Å². The highest BCUT2D eigenvalue weighted by Gasteiger charge is 2.35. The number of nitrogens with zero attached hydrogens (tertiary/aromatic N) is 2. The lowest BCUT2D eigenvalue weighted by Gasteiger charge is -2.35. The molecule has 1 atom stereocenters. The summed E-state index contributed by atoms with van der Waals surface area (Å²) in [6.07, 6.45) is 5.69. The number of hydrogen-bond donors (Lipinski definition) is 0. The summed E-state index contributed by atoms with van der Waals surface area (Å²) in [5, 5.41) is 1.22. The second-order valence-corrected chi connectivity index (χ2v) is 8.35. The Morgan fingerprint density at radius 1 is 1.12 bits per heavy atom. The number of rotatable bonds is 0. The Hall–Kier alpha value is -1.81. The van der Waals surface area contributed by atoms with E-state index >= 15 is 0 Å². The molecule has 1 aromatic carbocycles. The molecule has 4 rings (SSSR count). The van der Waals surface area contributed by atoms with Gasteiger partial charge in [0.25, 0.3) is 0 Å². The number of benzene rings is 1. The summed E-state index contributed by atoms with van der Waals surface area (Å²) in [7, 11) is 0. The van der Waals surface area contributed by atoms with Crippen LogP contribution in [0.25, 0.3) is 10.9 Å². The zero-order valence-electron chi connectivity index (χ0n) is 15.5. The number of aromatic nitrogens is 1. The molecular formula is C21H28N2O2. The Balaban J connectivity index is 1.89. The summed E-state index contributed by atoms with van der Waals surface area (Å²) < 4.78 is 7.65. The first-order valence-corrected chi connectivity index (χ1v) is 9.55. The second-order valence-electron chi connectivity index (χ2n) is 8.35. The molecule has 0 spiro atoms. The summed E-state index contributed by atoms with van der Waals surface area (Å²) in [5.41, 5.74) is 3.04. The summed E-state index contributed by atoms with van der Waals surface area (Å²) in [6, 6.07) is 8.63. The molecule has 1 saturated heterocycles. The fourth-order valence-electron chi connectivity index (χ4n) is 4.44. The summed E-state index contributed by atoms with van der Waals surface area (Å²) in [5.74, 6) is 0. The molecule has 2 aliphatic rings. The molecule has 1 unspecified atom stereocenters. The van der Waals surface area contributed by atoms with E-state index in [1.54, 1.807) is 0 Å². The molecular weight excluding hydrogens is 312 g/mol. The Labute approximate surface area is 149 Å². The van der Waals surface area contributed by atoms with Crippen LogP contribution >= 0.6 is 0 Å². The third-order valence-corrected chi connectivity index (χ3v) is 5.42. The van der Waals surface area contributed by atoms with E-state index in [2.05, 4.69) is 23.1 Å². The monoisotopic (exact) mass is 340 g/mol. The van der Waals surface area contributed by atoms with Crippen LogP contribution in [0.5, 0.6) is 0 Å². The van der Waals surface area contributed by atoms with Crippen LogP contribution in [0.4, 0.5) is 4.79 Å². The van der Waals surface area contributed by atoms with Crippen molar-refractivity contribution < 1.29 is 9.53 Å². The molecule has 134 valence electrons. The zero-order chi connectivity index (χ0) is 17.6. The van der Waals surface area contributed by atoms with Gasteiger partial charge in [0.15, 0.2) is 0 Å². The van der Waals surface area contributed by atoms with Gasteiger partial charge in [-0.05, 0) is 58.2 Å². The first-order chi connectivity index (χ1) is 12.0. The van der Waals surface area contributed by atoms with Crippen molar-refractivity contribution in [3.8, 4) is 0 Å². The third-order valence-electron chi connectivity index (χ3n) is 5.42. The second kappa shape index (κ2) is 6.17. The van der Waals surface area contributed by atoms with Gasteiger partial charge in [0.2, 0.25) is 0 Å². The number of fused-ring (bicyclic) bond motifs is 5. The van der Waals surface area contributed by atoms with E-state index in [0.717, 1.165) is 31.4 Å². The molecule has 0 saturated carbocycles. The van der Waals surface area contributed by atoms with Crippen molar-refractivity contribution in [2.24, 2.45) is 0 Å². The molecule has 0 N–H and O–H groups in total. The molecule has 1 fully saturated rings. The average molecular weight is 340 g/mol. The molecule has 2 aliphatic heterocycles. The van der Waals surface area contributed by atoms with Gasteiger partial charge in [0.1, 0.15) is 5.60 Å². The van der Waals surface area contributed by atoms with Gasteiger partial charge in [0.05, 0.1) is 17.3 Å². The fourth-order valence-corrected chi connectivity index (χ4v) is 4.44. The summed E-state index contributed by atoms with van der Waals surface area (Å²) >= 11 is 0. The fraction of sp³-hybridized carbons (Fsp3) is 0.571. The van der Waals surface area contributed by atoms with Crippen molar-refractivity contribution in [3.05, 3.63) is 35.5 Å². The lowest BCUT2D eigenvalue weighted by molar-refractivity contribution is 0.0526. The van der Waals surface area contributed by atoms with E-state index in [1.165, 1.54) is 35.9 Å². The molecule has 3 heterocycles. The van der Waals surface area contributed by atoms with Crippen molar-refractivity contribution >= 4 is 17.0 Å². The van der Waals surface area contributed by atoms with Crippen LogP contribution in [0.3, 0.4) is 0 Å². The minimum absolute atomic E-state index is 0.240. The van der Waals surface area contributed by atoms with Crippen molar-refractivity contribution in [1.29, 1.82) is 0 Å². The van der Waals surface area contributed by atoms with Gasteiger partial charge >= 0.3 is 6.09 Å². The highest BCUT2D eigenvalue weighted by molar-refractivity contribution is 5.94. The van der Waals surface area contributed by atoms with E-state index in [1.807, 2.05) is 31.4 Å². The predicted octanol–water partition coefficient (Wildman–Crippen LogP) is 4.90. The lowest BCUT2D eigenvalue weighted by atomic mass is 9.95. The number of ether oxygens (including phenoxy) is 1. The van der Waals surface area contributed by atoms with Crippen LogP contribution in [-0.2, 0) is 11.2 Å².